The van der Waals surface area contributed by atoms with Crippen LogP contribution in [0.3, 0.4) is 0 Å². The highest BCUT2D eigenvalue weighted by Gasteiger charge is 2.19. The summed E-state index contributed by atoms with van der Waals surface area (Å²) in [5.74, 6) is 0.611. The van der Waals surface area contributed by atoms with Crippen molar-refractivity contribution in [3.05, 3.63) is 70.4 Å². The van der Waals surface area contributed by atoms with E-state index in [9.17, 15) is 10.1 Å². The molecule has 2 heterocycles. The summed E-state index contributed by atoms with van der Waals surface area (Å²) in [7, 11) is 0. The monoisotopic (exact) mass is 365 g/mol. The largest absolute Gasteiger partial charge is 0.350 e. The van der Waals surface area contributed by atoms with E-state index in [-0.39, 0.29) is 11.6 Å². The van der Waals surface area contributed by atoms with Crippen LogP contribution < -0.4 is 5.32 Å². The Morgan fingerprint density at radius 3 is 2.73 bits per heavy atom. The van der Waals surface area contributed by atoms with Gasteiger partial charge >= 0.3 is 0 Å². The number of rotatable bonds is 5. The van der Waals surface area contributed by atoms with Crippen LogP contribution in [0.15, 0.2) is 64.8 Å². The molecular formula is C17H11N5O3S. The molecule has 0 fully saturated rings. The molecule has 4 aromatic rings. The molecule has 2 aromatic carbocycles. The Kier molecular flexibility index (Phi) is 4.12. The molecule has 1 N–H and O–H groups in total. The number of nitro groups is 1. The van der Waals surface area contributed by atoms with Gasteiger partial charge in [0.15, 0.2) is 0 Å². The lowest BCUT2D eigenvalue weighted by molar-refractivity contribution is -0.383. The maximum absolute atomic E-state index is 11.5. The van der Waals surface area contributed by atoms with Crippen molar-refractivity contribution in [1.82, 2.24) is 15.1 Å². The average Bonchev–Trinajstić information content (AvgIpc) is 3.34. The van der Waals surface area contributed by atoms with Gasteiger partial charge in [-0.3, -0.25) is 15.1 Å². The van der Waals surface area contributed by atoms with Crippen LogP contribution in [0.4, 0.5) is 17.1 Å². The maximum atomic E-state index is 11.5. The van der Waals surface area contributed by atoms with Crippen LogP contribution in [-0.4, -0.2) is 20.0 Å². The first-order valence-electron chi connectivity index (χ1n) is 7.54. The second-order valence-electron chi connectivity index (χ2n) is 5.27. The third-order valence-corrected chi connectivity index (χ3v) is 4.34. The van der Waals surface area contributed by atoms with Gasteiger partial charge in [0.2, 0.25) is 5.82 Å². The van der Waals surface area contributed by atoms with Gasteiger partial charge in [-0.05, 0) is 24.3 Å². The SMILES string of the molecule is O=[N+]([O-])c1cc(-c2nc(-c3cncs3)no2)ccc1Nc1ccccc1. The van der Waals surface area contributed by atoms with Gasteiger partial charge in [-0.25, -0.2) is 0 Å². The second kappa shape index (κ2) is 6.73. The van der Waals surface area contributed by atoms with Crippen molar-refractivity contribution in [3.8, 4) is 22.2 Å². The molecule has 26 heavy (non-hydrogen) atoms. The van der Waals surface area contributed by atoms with Crippen molar-refractivity contribution in [3.63, 3.8) is 0 Å². The maximum Gasteiger partial charge on any atom is 0.293 e. The number of anilines is 2. The number of nitrogens with one attached hydrogen (secondary N) is 1. The van der Waals surface area contributed by atoms with Crippen LogP contribution >= 0.6 is 11.3 Å². The zero-order valence-electron chi connectivity index (χ0n) is 13.2. The van der Waals surface area contributed by atoms with Crippen LogP contribution in [-0.2, 0) is 0 Å². The zero-order valence-corrected chi connectivity index (χ0v) is 14.0. The van der Waals surface area contributed by atoms with E-state index in [1.807, 2.05) is 30.3 Å². The first-order valence-corrected chi connectivity index (χ1v) is 8.42. The molecule has 128 valence electrons. The topological polar surface area (TPSA) is 107 Å². The van der Waals surface area contributed by atoms with Crippen LogP contribution in [0.1, 0.15) is 0 Å². The molecule has 0 bridgehead atoms. The number of nitrogens with zero attached hydrogens (tertiary/aromatic N) is 4. The molecule has 0 radical (unpaired) electrons. The van der Waals surface area contributed by atoms with E-state index in [4.69, 9.17) is 4.52 Å². The minimum absolute atomic E-state index is 0.0797. The van der Waals surface area contributed by atoms with Crippen molar-refractivity contribution in [2.75, 3.05) is 5.32 Å². The number of hydrogen-bond acceptors (Lipinski definition) is 8. The number of benzene rings is 2. The van der Waals surface area contributed by atoms with E-state index in [1.54, 1.807) is 23.8 Å². The lowest BCUT2D eigenvalue weighted by Crippen LogP contribution is -1.97. The van der Waals surface area contributed by atoms with Crippen LogP contribution in [0.5, 0.6) is 0 Å². The highest BCUT2D eigenvalue weighted by atomic mass is 32.1. The molecule has 9 heteroatoms. The lowest BCUT2D eigenvalue weighted by Gasteiger charge is -2.07. The number of para-hydroxylation sites is 1. The quantitative estimate of drug-likeness (QED) is 0.409. The number of nitro benzene ring substituents is 1. The van der Waals surface area contributed by atoms with Gasteiger partial charge in [0.05, 0.1) is 15.3 Å². The van der Waals surface area contributed by atoms with Gasteiger partial charge in [-0.2, -0.15) is 4.98 Å². The van der Waals surface area contributed by atoms with Gasteiger partial charge in [-0.1, -0.05) is 23.4 Å². The molecule has 0 unspecified atom stereocenters. The summed E-state index contributed by atoms with van der Waals surface area (Å²) in [6, 6.07) is 14.0. The van der Waals surface area contributed by atoms with E-state index in [1.165, 1.54) is 17.4 Å². The molecule has 8 nitrogen and oxygen atoms in total. The van der Waals surface area contributed by atoms with Gasteiger partial charge < -0.3 is 9.84 Å². The Bertz CT molecular complexity index is 1050. The normalized spacial score (nSPS) is 10.6. The second-order valence-corrected chi connectivity index (χ2v) is 6.16. The molecular weight excluding hydrogens is 354 g/mol. The fraction of sp³-hybridized carbons (Fsp3) is 0. The van der Waals surface area contributed by atoms with E-state index in [0.29, 0.717) is 17.1 Å². The van der Waals surface area contributed by atoms with Crippen molar-refractivity contribution in [2.24, 2.45) is 0 Å². The van der Waals surface area contributed by atoms with Gasteiger partial charge in [0, 0.05) is 23.5 Å². The van der Waals surface area contributed by atoms with Crippen molar-refractivity contribution in [2.45, 2.75) is 0 Å². The molecule has 0 aliphatic rings. The predicted octanol–water partition coefficient (Wildman–Crippen LogP) is 4.51. The Hall–Kier alpha value is -3.59. The van der Waals surface area contributed by atoms with Crippen molar-refractivity contribution in [1.29, 1.82) is 0 Å². The summed E-state index contributed by atoms with van der Waals surface area (Å²) in [5.41, 5.74) is 3.20. The molecule has 2 aromatic heterocycles. The molecule has 4 rings (SSSR count). The Morgan fingerprint density at radius 2 is 2.00 bits per heavy atom. The summed E-state index contributed by atoms with van der Waals surface area (Å²) in [4.78, 5) is 20.0. The minimum Gasteiger partial charge on any atom is -0.350 e. The third-order valence-electron chi connectivity index (χ3n) is 3.57. The van der Waals surface area contributed by atoms with Crippen LogP contribution in [0.25, 0.3) is 22.2 Å². The van der Waals surface area contributed by atoms with E-state index < -0.39 is 4.92 Å². The lowest BCUT2D eigenvalue weighted by atomic mass is 10.1. The Balaban J connectivity index is 1.68. The average molecular weight is 365 g/mol. The highest BCUT2D eigenvalue weighted by molar-refractivity contribution is 7.13. The van der Waals surface area contributed by atoms with Crippen LogP contribution in [0, 0.1) is 10.1 Å². The zero-order chi connectivity index (χ0) is 17.9. The molecule has 0 saturated heterocycles. The van der Waals surface area contributed by atoms with E-state index in [2.05, 4.69) is 20.4 Å². The van der Waals surface area contributed by atoms with Crippen molar-refractivity contribution >= 4 is 28.4 Å². The fourth-order valence-electron chi connectivity index (χ4n) is 2.37. The third kappa shape index (κ3) is 3.15. The molecule has 0 aliphatic carbocycles. The molecule has 0 amide bonds. The fourth-order valence-corrected chi connectivity index (χ4v) is 2.91. The summed E-state index contributed by atoms with van der Waals surface area (Å²) in [6.07, 6.45) is 1.63. The number of thiazole rings is 1. The highest BCUT2D eigenvalue weighted by Crippen LogP contribution is 2.33. The van der Waals surface area contributed by atoms with Gasteiger partial charge in [-0.15, -0.1) is 11.3 Å². The molecule has 0 aliphatic heterocycles. The Labute approximate surface area is 151 Å². The minimum atomic E-state index is -0.449. The molecule has 0 saturated carbocycles. The Morgan fingerprint density at radius 1 is 1.15 bits per heavy atom. The van der Waals surface area contributed by atoms with Gasteiger partial charge in [0.25, 0.3) is 11.6 Å². The summed E-state index contributed by atoms with van der Waals surface area (Å²) in [6.45, 7) is 0. The smallest absolute Gasteiger partial charge is 0.293 e. The van der Waals surface area contributed by atoms with Crippen LogP contribution in [0.2, 0.25) is 0 Å². The molecule has 0 spiro atoms. The first kappa shape index (κ1) is 15.9. The summed E-state index contributed by atoms with van der Waals surface area (Å²) >= 11 is 1.38. The standard InChI is InChI=1S/C17H11N5O3S/c23-22(24)14-8-11(6-7-13(14)19-12-4-2-1-3-5-12)17-20-16(21-25-17)15-9-18-10-26-15/h1-10,19H. The molecule has 0 atom stereocenters. The first-order chi connectivity index (χ1) is 12.7. The number of aromatic nitrogens is 3. The van der Waals surface area contributed by atoms with E-state index in [0.717, 1.165) is 10.6 Å². The van der Waals surface area contributed by atoms with Crippen molar-refractivity contribution < 1.29 is 9.45 Å². The number of hydrogen-bond donors (Lipinski definition) is 1. The van der Waals surface area contributed by atoms with E-state index >= 15 is 0 Å². The predicted molar refractivity (Wildman–Crippen MR) is 97.2 cm³/mol. The van der Waals surface area contributed by atoms with Gasteiger partial charge in [0.1, 0.15) is 5.69 Å². The summed E-state index contributed by atoms with van der Waals surface area (Å²) in [5, 5.41) is 18.4. The summed E-state index contributed by atoms with van der Waals surface area (Å²) < 4.78 is 5.24.